The topological polar surface area (TPSA) is 41.6 Å². The van der Waals surface area contributed by atoms with Crippen molar-refractivity contribution >= 4 is 23.7 Å². The van der Waals surface area contributed by atoms with Crippen LogP contribution in [0.3, 0.4) is 0 Å². The molecule has 0 saturated heterocycles. The van der Waals surface area contributed by atoms with E-state index in [0.717, 1.165) is 40.5 Å². The van der Waals surface area contributed by atoms with Crippen molar-refractivity contribution in [3.05, 3.63) is 60.2 Å². The van der Waals surface area contributed by atoms with Crippen molar-refractivity contribution in [2.75, 3.05) is 34.3 Å². The third-order valence-corrected chi connectivity index (χ3v) is 5.05. The quantitative estimate of drug-likeness (QED) is 0.489. The molecule has 2 rings (SSSR count). The van der Waals surface area contributed by atoms with E-state index in [2.05, 4.69) is 30.4 Å². The zero-order chi connectivity index (χ0) is 19.5. The van der Waals surface area contributed by atoms with Gasteiger partial charge in [-0.05, 0) is 75.5 Å². The average Bonchev–Trinajstić information content (AvgIpc) is 2.67. The Labute approximate surface area is 166 Å². The summed E-state index contributed by atoms with van der Waals surface area (Å²) in [5.74, 6) is 0.791. The van der Waals surface area contributed by atoms with Gasteiger partial charge in [0.05, 0.1) is 7.11 Å². The minimum absolute atomic E-state index is 0.0518. The summed E-state index contributed by atoms with van der Waals surface area (Å²) in [7, 11) is 5.78. The Kier molecular flexibility index (Phi) is 8.95. The van der Waals surface area contributed by atoms with Crippen molar-refractivity contribution in [2.24, 2.45) is 0 Å². The van der Waals surface area contributed by atoms with Crippen LogP contribution in [0, 0.1) is 0 Å². The Bertz CT molecular complexity index is 742. The van der Waals surface area contributed by atoms with Gasteiger partial charge in [0.15, 0.2) is 0 Å². The third-order valence-electron chi connectivity index (χ3n) is 3.95. The Morgan fingerprint density at radius 2 is 1.85 bits per heavy atom. The van der Waals surface area contributed by atoms with Gasteiger partial charge < -0.3 is 15.0 Å². The molecule has 0 aliphatic carbocycles. The second-order valence-corrected chi connectivity index (χ2v) is 7.57. The van der Waals surface area contributed by atoms with E-state index < -0.39 is 0 Å². The Morgan fingerprint density at radius 3 is 2.56 bits per heavy atom. The van der Waals surface area contributed by atoms with E-state index in [1.165, 1.54) is 0 Å². The lowest BCUT2D eigenvalue weighted by molar-refractivity contribution is -0.116. The molecular formula is C22H28N2O2S. The number of hydrogen-bond donors (Lipinski definition) is 1. The summed E-state index contributed by atoms with van der Waals surface area (Å²) in [4.78, 5) is 16.4. The smallest absolute Gasteiger partial charge is 0.243 e. The number of methoxy groups -OCH3 is 1. The molecule has 1 N–H and O–H groups in total. The summed E-state index contributed by atoms with van der Waals surface area (Å²) >= 11 is 1.67. The van der Waals surface area contributed by atoms with Gasteiger partial charge >= 0.3 is 0 Å². The number of carbonyl (C=O) groups excluding carboxylic acids is 1. The summed E-state index contributed by atoms with van der Waals surface area (Å²) in [6, 6.07) is 16.0. The largest absolute Gasteiger partial charge is 0.497 e. The second-order valence-electron chi connectivity index (χ2n) is 6.45. The molecule has 0 bridgehead atoms. The molecule has 2 aromatic carbocycles. The first-order valence-corrected chi connectivity index (χ1v) is 9.91. The van der Waals surface area contributed by atoms with Crippen molar-refractivity contribution in [3.8, 4) is 5.75 Å². The second kappa shape index (κ2) is 11.5. The first-order chi connectivity index (χ1) is 13.1. The van der Waals surface area contributed by atoms with Crippen LogP contribution in [0.25, 0.3) is 6.08 Å². The number of ether oxygens (including phenoxy) is 1. The van der Waals surface area contributed by atoms with Gasteiger partial charge in [-0.3, -0.25) is 4.79 Å². The summed E-state index contributed by atoms with van der Waals surface area (Å²) in [6.45, 7) is 1.75. The zero-order valence-corrected chi connectivity index (χ0v) is 17.1. The summed E-state index contributed by atoms with van der Waals surface area (Å²) in [6.07, 6.45) is 5.56. The lowest BCUT2D eigenvalue weighted by Gasteiger charge is -2.09. The molecule has 0 radical (unpaired) electrons. The highest BCUT2D eigenvalue weighted by Crippen LogP contribution is 2.32. The number of amides is 1. The summed E-state index contributed by atoms with van der Waals surface area (Å²) in [5, 5.41) is 2.94. The monoisotopic (exact) mass is 384 g/mol. The van der Waals surface area contributed by atoms with Crippen molar-refractivity contribution in [2.45, 2.75) is 22.6 Å². The van der Waals surface area contributed by atoms with Crippen LogP contribution in [0.15, 0.2) is 64.4 Å². The van der Waals surface area contributed by atoms with Gasteiger partial charge in [-0.1, -0.05) is 30.0 Å². The Balaban J connectivity index is 1.90. The highest BCUT2D eigenvalue weighted by atomic mass is 32.2. The normalized spacial score (nSPS) is 11.1. The maximum absolute atomic E-state index is 12.0. The molecule has 0 saturated carbocycles. The molecule has 1 amide bonds. The van der Waals surface area contributed by atoms with Crippen LogP contribution < -0.4 is 10.1 Å². The molecule has 0 atom stereocenters. The van der Waals surface area contributed by atoms with Gasteiger partial charge in [0.1, 0.15) is 5.75 Å². The summed E-state index contributed by atoms with van der Waals surface area (Å²) < 4.78 is 5.20. The average molecular weight is 385 g/mol. The molecule has 5 heteroatoms. The van der Waals surface area contributed by atoms with E-state index in [1.54, 1.807) is 24.9 Å². The van der Waals surface area contributed by atoms with Gasteiger partial charge in [0.2, 0.25) is 5.91 Å². The molecule has 4 nitrogen and oxygen atoms in total. The SMILES string of the molecule is COc1ccc(Sc2ccccc2/C=C/C(=O)NCCCCN(C)C)cc1. The zero-order valence-electron chi connectivity index (χ0n) is 16.3. The maximum Gasteiger partial charge on any atom is 0.243 e. The maximum atomic E-state index is 12.0. The fourth-order valence-corrected chi connectivity index (χ4v) is 3.40. The van der Waals surface area contributed by atoms with Crippen molar-refractivity contribution < 1.29 is 9.53 Å². The van der Waals surface area contributed by atoms with Gasteiger partial charge in [-0.15, -0.1) is 0 Å². The van der Waals surface area contributed by atoms with Gasteiger partial charge in [-0.25, -0.2) is 0 Å². The molecule has 0 aromatic heterocycles. The van der Waals surface area contributed by atoms with Crippen LogP contribution in [0.2, 0.25) is 0 Å². The third kappa shape index (κ3) is 7.89. The van der Waals surface area contributed by atoms with Crippen LogP contribution in [0.4, 0.5) is 0 Å². The number of rotatable bonds is 10. The van der Waals surface area contributed by atoms with Crippen molar-refractivity contribution in [1.29, 1.82) is 0 Å². The number of unbranched alkanes of at least 4 members (excludes halogenated alkanes) is 1. The summed E-state index contributed by atoms with van der Waals surface area (Å²) in [5.41, 5.74) is 1.03. The minimum atomic E-state index is -0.0518. The number of carbonyl (C=O) groups is 1. The van der Waals surface area contributed by atoms with E-state index in [9.17, 15) is 4.79 Å². The molecule has 0 aliphatic heterocycles. The van der Waals surface area contributed by atoms with E-state index in [-0.39, 0.29) is 5.91 Å². The highest BCUT2D eigenvalue weighted by Gasteiger charge is 2.03. The van der Waals surface area contributed by atoms with E-state index in [1.807, 2.05) is 48.5 Å². The van der Waals surface area contributed by atoms with Gasteiger partial charge in [0, 0.05) is 22.4 Å². The number of hydrogen-bond acceptors (Lipinski definition) is 4. The molecular weight excluding hydrogens is 356 g/mol. The minimum Gasteiger partial charge on any atom is -0.497 e. The number of nitrogens with zero attached hydrogens (tertiary/aromatic N) is 1. The molecule has 144 valence electrons. The standard InChI is InChI=1S/C22H28N2O2S/c1-24(2)17-7-6-16-23-22(25)15-10-18-8-4-5-9-21(18)27-20-13-11-19(26-3)12-14-20/h4-5,8-15H,6-7,16-17H2,1-3H3,(H,23,25)/b15-10+. The highest BCUT2D eigenvalue weighted by molar-refractivity contribution is 7.99. The lowest BCUT2D eigenvalue weighted by Crippen LogP contribution is -2.23. The molecule has 27 heavy (non-hydrogen) atoms. The van der Waals surface area contributed by atoms with Crippen LogP contribution in [-0.2, 0) is 4.79 Å². The van der Waals surface area contributed by atoms with Crippen LogP contribution in [0.1, 0.15) is 18.4 Å². The predicted octanol–water partition coefficient (Wildman–Crippen LogP) is 4.32. The number of benzene rings is 2. The van der Waals surface area contributed by atoms with Gasteiger partial charge in [0.25, 0.3) is 0 Å². The fraction of sp³-hybridized carbons (Fsp3) is 0.318. The van der Waals surface area contributed by atoms with Crippen molar-refractivity contribution in [1.82, 2.24) is 10.2 Å². The van der Waals surface area contributed by atoms with Gasteiger partial charge in [-0.2, -0.15) is 0 Å². The molecule has 0 spiro atoms. The Morgan fingerprint density at radius 1 is 1.11 bits per heavy atom. The van der Waals surface area contributed by atoms with E-state index >= 15 is 0 Å². The Hall–Kier alpha value is -2.24. The van der Waals surface area contributed by atoms with Crippen LogP contribution in [0.5, 0.6) is 5.75 Å². The molecule has 0 unspecified atom stereocenters. The molecule has 0 aliphatic rings. The molecule has 0 fully saturated rings. The first-order valence-electron chi connectivity index (χ1n) is 9.10. The van der Waals surface area contributed by atoms with E-state index in [4.69, 9.17) is 4.74 Å². The predicted molar refractivity (Wildman–Crippen MR) is 113 cm³/mol. The lowest BCUT2D eigenvalue weighted by atomic mass is 10.2. The number of nitrogens with one attached hydrogen (secondary N) is 1. The molecule has 2 aromatic rings. The van der Waals surface area contributed by atoms with E-state index in [0.29, 0.717) is 6.54 Å². The van der Waals surface area contributed by atoms with Crippen LogP contribution in [-0.4, -0.2) is 45.1 Å². The fourth-order valence-electron chi connectivity index (χ4n) is 2.47. The van der Waals surface area contributed by atoms with Crippen molar-refractivity contribution in [3.63, 3.8) is 0 Å². The molecule has 0 heterocycles. The first kappa shape index (κ1) is 21.1. The van der Waals surface area contributed by atoms with Crippen LogP contribution >= 0.6 is 11.8 Å².